The quantitative estimate of drug-likeness (QED) is 0.0603. The van der Waals surface area contributed by atoms with Crippen molar-refractivity contribution in [1.29, 1.82) is 0 Å². The average molecular weight is 623 g/mol. The highest BCUT2D eigenvalue weighted by Crippen LogP contribution is 2.11. The van der Waals surface area contributed by atoms with Crippen LogP contribution in [0.2, 0.25) is 0 Å². The highest BCUT2D eigenvalue weighted by atomic mass is 16.7. The summed E-state index contributed by atoms with van der Waals surface area (Å²) in [5, 5.41) is 25.5. The van der Waals surface area contributed by atoms with Gasteiger partial charge in [-0.1, -0.05) is 24.8 Å². The molecular formula is C29H50O14. The van der Waals surface area contributed by atoms with Crippen LogP contribution in [-0.2, 0) is 47.4 Å². The third-order valence-corrected chi connectivity index (χ3v) is 4.71. The molecule has 1 atom stereocenters. The maximum atomic E-state index is 9.33. The van der Waals surface area contributed by atoms with E-state index in [1.165, 1.54) is 0 Å². The van der Waals surface area contributed by atoms with E-state index >= 15 is 0 Å². The molecule has 3 N–H and O–H groups in total. The second kappa shape index (κ2) is 34.3. The van der Waals surface area contributed by atoms with Gasteiger partial charge in [-0.05, 0) is 12.1 Å². The number of carboxylic acids is 1. The predicted octanol–water partition coefficient (Wildman–Crippen LogP) is 0.783. The number of hydrogen-bond acceptors (Lipinski definition) is 13. The highest BCUT2D eigenvalue weighted by molar-refractivity contribution is 5.78. The minimum absolute atomic E-state index is 0.0230. The van der Waals surface area contributed by atoms with Crippen molar-refractivity contribution >= 4 is 5.97 Å². The Morgan fingerprint density at radius 3 is 1.23 bits per heavy atom. The molecule has 0 fully saturated rings. The molecule has 0 amide bonds. The Morgan fingerprint density at radius 2 is 0.930 bits per heavy atom. The summed E-state index contributed by atoms with van der Waals surface area (Å²) >= 11 is 0. The molecule has 14 nitrogen and oxygen atoms in total. The van der Waals surface area contributed by atoms with Gasteiger partial charge in [-0.3, -0.25) is 0 Å². The second-order valence-electron chi connectivity index (χ2n) is 8.08. The fraction of sp³-hybridized carbons (Fsp3) is 0.690. The van der Waals surface area contributed by atoms with Crippen molar-refractivity contribution in [2.45, 2.75) is 6.29 Å². The standard InChI is InChI=1S/C26H46O12.C3H4O2/c27-6-7-29-8-9-30-10-11-31-12-13-32-14-15-33-16-17-34-18-19-35-20-21-36-22-23-37-26(24-28)38-25-4-2-1-3-5-25;1-2-3(4)5/h1-5,26-28H,6-24H2;2H,1H2,(H,4,5). The van der Waals surface area contributed by atoms with Crippen molar-refractivity contribution in [3.05, 3.63) is 43.0 Å². The molecule has 0 saturated carbocycles. The maximum Gasteiger partial charge on any atom is 0.327 e. The third-order valence-electron chi connectivity index (χ3n) is 4.71. The van der Waals surface area contributed by atoms with E-state index in [0.29, 0.717) is 118 Å². The van der Waals surface area contributed by atoms with Crippen molar-refractivity contribution in [1.82, 2.24) is 0 Å². The molecule has 0 aliphatic carbocycles. The van der Waals surface area contributed by atoms with Gasteiger partial charge in [-0.2, -0.15) is 0 Å². The molecule has 0 aliphatic rings. The van der Waals surface area contributed by atoms with Gasteiger partial charge in [0.15, 0.2) is 0 Å². The first kappa shape index (κ1) is 40.8. The van der Waals surface area contributed by atoms with Gasteiger partial charge in [0.2, 0.25) is 6.29 Å². The van der Waals surface area contributed by atoms with Crippen LogP contribution in [0.3, 0.4) is 0 Å². The molecule has 1 rings (SSSR count). The molecule has 1 unspecified atom stereocenters. The smallest absolute Gasteiger partial charge is 0.327 e. The predicted molar refractivity (Wildman–Crippen MR) is 155 cm³/mol. The Hall–Kier alpha value is -2.21. The molecule has 0 spiro atoms. The number of ether oxygens (including phenoxy) is 10. The van der Waals surface area contributed by atoms with Gasteiger partial charge in [0.05, 0.1) is 119 Å². The molecule has 43 heavy (non-hydrogen) atoms. The minimum Gasteiger partial charge on any atom is -0.478 e. The Labute approximate surface area is 254 Å². The van der Waals surface area contributed by atoms with Gasteiger partial charge < -0.3 is 62.7 Å². The molecule has 1 aromatic rings. The van der Waals surface area contributed by atoms with Crippen LogP contribution in [0.1, 0.15) is 0 Å². The van der Waals surface area contributed by atoms with Crippen LogP contribution in [0, 0.1) is 0 Å². The van der Waals surface area contributed by atoms with Crippen LogP contribution in [0.5, 0.6) is 5.75 Å². The topological polar surface area (TPSA) is 170 Å². The monoisotopic (exact) mass is 622 g/mol. The van der Waals surface area contributed by atoms with Gasteiger partial charge in [0.1, 0.15) is 12.4 Å². The number of carboxylic acid groups (broad SMARTS) is 1. The van der Waals surface area contributed by atoms with Crippen LogP contribution in [0.15, 0.2) is 43.0 Å². The molecule has 0 aromatic heterocycles. The number of benzene rings is 1. The number of para-hydroxylation sites is 1. The first-order chi connectivity index (χ1) is 21.1. The van der Waals surface area contributed by atoms with Gasteiger partial charge in [-0.25, -0.2) is 4.79 Å². The summed E-state index contributed by atoms with van der Waals surface area (Å²) in [5.74, 6) is -0.344. The van der Waals surface area contributed by atoms with E-state index in [1.54, 1.807) is 12.1 Å². The first-order valence-electron chi connectivity index (χ1n) is 14.2. The van der Waals surface area contributed by atoms with Gasteiger partial charge in [-0.15, -0.1) is 0 Å². The number of aliphatic hydroxyl groups excluding tert-OH is 2. The number of carbonyl (C=O) groups is 1. The summed E-state index contributed by atoms with van der Waals surface area (Å²) in [5.41, 5.74) is 0. The van der Waals surface area contributed by atoms with E-state index in [-0.39, 0.29) is 13.2 Å². The summed E-state index contributed by atoms with van der Waals surface area (Å²) in [6.45, 7) is 10.5. The zero-order valence-electron chi connectivity index (χ0n) is 25.0. The zero-order valence-corrected chi connectivity index (χ0v) is 25.0. The van der Waals surface area contributed by atoms with E-state index in [4.69, 9.17) is 57.6 Å². The molecule has 0 bridgehead atoms. The number of rotatable bonds is 31. The Kier molecular flexibility index (Phi) is 32.5. The summed E-state index contributed by atoms with van der Waals surface area (Å²) in [7, 11) is 0. The molecule has 0 saturated heterocycles. The van der Waals surface area contributed by atoms with Gasteiger partial charge in [0.25, 0.3) is 0 Å². The molecule has 0 radical (unpaired) electrons. The molecule has 0 heterocycles. The van der Waals surface area contributed by atoms with Crippen molar-refractivity contribution in [2.24, 2.45) is 0 Å². The lowest BCUT2D eigenvalue weighted by molar-refractivity contribution is -0.131. The molecule has 250 valence electrons. The van der Waals surface area contributed by atoms with Crippen LogP contribution in [0.4, 0.5) is 0 Å². The fourth-order valence-corrected chi connectivity index (χ4v) is 2.72. The van der Waals surface area contributed by atoms with Crippen LogP contribution in [-0.4, -0.2) is 153 Å². The van der Waals surface area contributed by atoms with Gasteiger partial charge >= 0.3 is 5.97 Å². The number of aliphatic hydroxyl groups is 2. The normalized spacial score (nSPS) is 11.5. The molecule has 0 aliphatic heterocycles. The largest absolute Gasteiger partial charge is 0.478 e. The molecule has 1 aromatic carbocycles. The Morgan fingerprint density at radius 1 is 0.605 bits per heavy atom. The zero-order chi connectivity index (χ0) is 31.5. The third kappa shape index (κ3) is 32.5. The fourth-order valence-electron chi connectivity index (χ4n) is 2.72. The number of aliphatic carboxylic acids is 1. The van der Waals surface area contributed by atoms with Crippen molar-refractivity contribution in [3.63, 3.8) is 0 Å². The van der Waals surface area contributed by atoms with Crippen LogP contribution < -0.4 is 4.74 Å². The van der Waals surface area contributed by atoms with Crippen LogP contribution >= 0.6 is 0 Å². The first-order valence-corrected chi connectivity index (χ1v) is 14.2. The molecular weight excluding hydrogens is 572 g/mol. The maximum absolute atomic E-state index is 9.33. The van der Waals surface area contributed by atoms with Crippen molar-refractivity contribution in [3.8, 4) is 5.75 Å². The van der Waals surface area contributed by atoms with Gasteiger partial charge in [0, 0.05) is 6.08 Å². The average Bonchev–Trinajstić information content (AvgIpc) is 3.02. The van der Waals surface area contributed by atoms with E-state index < -0.39 is 12.3 Å². The van der Waals surface area contributed by atoms with Crippen molar-refractivity contribution in [2.75, 3.05) is 126 Å². The number of hydrogen-bond donors (Lipinski definition) is 3. The summed E-state index contributed by atoms with van der Waals surface area (Å²) in [6.07, 6.45) is 0.109. The second-order valence-corrected chi connectivity index (χ2v) is 8.08. The highest BCUT2D eigenvalue weighted by Gasteiger charge is 2.09. The Balaban J connectivity index is 0.00000324. The SMILES string of the molecule is C=CC(=O)O.OCCOCCOCCOCCOCCOCCOCCOCCOCCOC(CO)Oc1ccccc1. The van der Waals surface area contributed by atoms with E-state index in [9.17, 15) is 9.90 Å². The summed E-state index contributed by atoms with van der Waals surface area (Å²) in [6, 6.07) is 9.19. The lowest BCUT2D eigenvalue weighted by Gasteiger charge is -2.17. The lowest BCUT2D eigenvalue weighted by Crippen LogP contribution is -2.26. The summed E-state index contributed by atoms with van der Waals surface area (Å²) in [4.78, 5) is 9.25. The van der Waals surface area contributed by atoms with Crippen LogP contribution in [0.25, 0.3) is 0 Å². The minimum atomic E-state index is -0.981. The van der Waals surface area contributed by atoms with E-state index in [1.807, 2.05) is 18.2 Å². The summed E-state index contributed by atoms with van der Waals surface area (Å²) < 4.78 is 53.9. The van der Waals surface area contributed by atoms with E-state index in [2.05, 4.69) is 6.58 Å². The van der Waals surface area contributed by atoms with Crippen molar-refractivity contribution < 1.29 is 67.5 Å². The Bertz CT molecular complexity index is 710. The molecule has 14 heteroatoms. The lowest BCUT2D eigenvalue weighted by atomic mass is 10.3. The van der Waals surface area contributed by atoms with E-state index in [0.717, 1.165) is 6.08 Å².